The molecule has 0 amide bonds. The fraction of sp³-hybridized carbons (Fsp3) is 0.520. The molecule has 1 N–H and O–H groups in total. The summed E-state index contributed by atoms with van der Waals surface area (Å²) in [7, 11) is 3.61. The maximum absolute atomic E-state index is 11.9. The molecule has 0 radical (unpaired) electrons. The van der Waals surface area contributed by atoms with Crippen molar-refractivity contribution in [2.45, 2.75) is 26.7 Å². The molecule has 0 spiro atoms. The van der Waals surface area contributed by atoms with E-state index in [1.165, 1.54) is 38.1 Å². The predicted octanol–water partition coefficient (Wildman–Crippen LogP) is -0.170. The first-order chi connectivity index (χ1) is 18.4. The van der Waals surface area contributed by atoms with Crippen LogP contribution in [0.4, 0.5) is 0 Å². The second-order valence-electron chi connectivity index (χ2n) is 8.27. The van der Waals surface area contributed by atoms with Gasteiger partial charge in [0, 0.05) is 38.1 Å². The van der Waals surface area contributed by atoms with Crippen LogP contribution in [-0.2, 0) is 55.8 Å². The van der Waals surface area contributed by atoms with Crippen LogP contribution in [0.1, 0.15) is 25.0 Å². The number of carboxylic acid groups (broad SMARTS) is 1. The minimum absolute atomic E-state index is 0.0379. The summed E-state index contributed by atoms with van der Waals surface area (Å²) in [5.74, 6) is -4.41. The molecule has 0 aliphatic carbocycles. The second kappa shape index (κ2) is 16.7. The molecule has 0 aliphatic rings. The van der Waals surface area contributed by atoms with Gasteiger partial charge in [-0.25, -0.2) is 0 Å². The Morgan fingerprint density at radius 2 is 0.974 bits per heavy atom. The number of hydrogen-bond acceptors (Lipinski definition) is 13. The van der Waals surface area contributed by atoms with Crippen LogP contribution in [0, 0.1) is 0 Å². The Kier molecular flexibility index (Phi) is 14.2. The molecule has 1 aromatic rings. The summed E-state index contributed by atoms with van der Waals surface area (Å²) >= 11 is 0. The van der Waals surface area contributed by atoms with Crippen LogP contribution in [0.15, 0.2) is 12.1 Å². The van der Waals surface area contributed by atoms with Crippen molar-refractivity contribution in [3.8, 4) is 11.5 Å². The number of carboxylic acids is 1. The van der Waals surface area contributed by atoms with E-state index >= 15 is 0 Å². The summed E-state index contributed by atoms with van der Waals surface area (Å²) in [6, 6.07) is 3.24. The van der Waals surface area contributed by atoms with Gasteiger partial charge >= 0.3 is 35.8 Å². The third-order valence-corrected chi connectivity index (χ3v) is 5.26. The zero-order chi connectivity index (χ0) is 29.5. The van der Waals surface area contributed by atoms with Crippen LogP contribution < -0.4 is 9.47 Å². The lowest BCUT2D eigenvalue weighted by Crippen LogP contribution is -2.37. The third-order valence-electron chi connectivity index (χ3n) is 5.26. The molecular formula is C25H34N2O12. The summed E-state index contributed by atoms with van der Waals surface area (Å²) in [5.41, 5.74) is 0.841. The van der Waals surface area contributed by atoms with E-state index in [1.54, 1.807) is 12.1 Å². The number of hydrogen-bond donors (Lipinski definition) is 1. The van der Waals surface area contributed by atoms with Crippen LogP contribution in [0.3, 0.4) is 0 Å². The first-order valence-corrected chi connectivity index (χ1v) is 11.8. The molecular weight excluding hydrogens is 520 g/mol. The fourth-order valence-corrected chi connectivity index (χ4v) is 3.47. The van der Waals surface area contributed by atoms with E-state index in [2.05, 4.69) is 14.2 Å². The first-order valence-electron chi connectivity index (χ1n) is 11.8. The summed E-state index contributed by atoms with van der Waals surface area (Å²) < 4.78 is 24.8. The Morgan fingerprint density at radius 3 is 1.26 bits per heavy atom. The van der Waals surface area contributed by atoms with Crippen molar-refractivity contribution in [1.29, 1.82) is 0 Å². The zero-order valence-electron chi connectivity index (χ0n) is 22.6. The van der Waals surface area contributed by atoms with Crippen molar-refractivity contribution in [3.63, 3.8) is 0 Å². The third kappa shape index (κ3) is 12.4. The van der Waals surface area contributed by atoms with Crippen LogP contribution in [-0.4, -0.2) is 111 Å². The molecule has 14 heteroatoms. The van der Waals surface area contributed by atoms with Gasteiger partial charge in [0.05, 0.1) is 47.5 Å². The van der Waals surface area contributed by atoms with Crippen molar-refractivity contribution < 1.29 is 57.6 Å². The highest BCUT2D eigenvalue weighted by molar-refractivity contribution is 5.76. The smallest absolute Gasteiger partial charge is 0.319 e. The Labute approximate surface area is 225 Å². The summed E-state index contributed by atoms with van der Waals surface area (Å²) in [6.07, 6.45) is 0.289. The Hall–Kier alpha value is -4.04. The highest BCUT2D eigenvalue weighted by Gasteiger charge is 2.23. The van der Waals surface area contributed by atoms with Gasteiger partial charge in [0.1, 0.15) is 0 Å². The number of nitrogens with zero attached hydrogens (tertiary/aromatic N) is 2. The SMILES string of the molecule is COC(=O)CN(CCc1ccc(CCN(CC(=O)OC)CC(=O)OC)c(OC(C)=O)c1OC(C)=O)CC(=O)O. The quantitative estimate of drug-likeness (QED) is 0.162. The molecule has 1 rings (SSSR count). The molecule has 0 heterocycles. The van der Waals surface area contributed by atoms with E-state index in [0.717, 1.165) is 6.92 Å². The maximum Gasteiger partial charge on any atom is 0.319 e. The Bertz CT molecular complexity index is 1040. The van der Waals surface area contributed by atoms with Crippen molar-refractivity contribution in [2.24, 2.45) is 0 Å². The summed E-state index contributed by atoms with van der Waals surface area (Å²) in [5, 5.41) is 9.18. The minimum atomic E-state index is -1.15. The molecule has 0 aromatic heterocycles. The Balaban J connectivity index is 3.35. The van der Waals surface area contributed by atoms with Crippen LogP contribution >= 0.6 is 0 Å². The predicted molar refractivity (Wildman–Crippen MR) is 133 cm³/mol. The van der Waals surface area contributed by atoms with E-state index in [-0.39, 0.29) is 57.1 Å². The number of methoxy groups -OCH3 is 3. The van der Waals surface area contributed by atoms with Crippen molar-refractivity contribution in [2.75, 3.05) is 60.6 Å². The van der Waals surface area contributed by atoms with E-state index in [9.17, 15) is 33.9 Å². The Morgan fingerprint density at radius 1 is 0.641 bits per heavy atom. The van der Waals surface area contributed by atoms with Crippen LogP contribution in [0.25, 0.3) is 0 Å². The van der Waals surface area contributed by atoms with Crippen LogP contribution in [0.2, 0.25) is 0 Å². The largest absolute Gasteiger partial charge is 0.480 e. The van der Waals surface area contributed by atoms with E-state index in [4.69, 9.17) is 9.47 Å². The maximum atomic E-state index is 11.9. The molecule has 0 saturated carbocycles. The van der Waals surface area contributed by atoms with E-state index < -0.39 is 42.4 Å². The highest BCUT2D eigenvalue weighted by Crippen LogP contribution is 2.36. The molecule has 0 atom stereocenters. The minimum Gasteiger partial charge on any atom is -0.480 e. The lowest BCUT2D eigenvalue weighted by atomic mass is 10.0. The first kappa shape index (κ1) is 33.0. The van der Waals surface area contributed by atoms with Gasteiger partial charge in [-0.1, -0.05) is 12.1 Å². The van der Waals surface area contributed by atoms with Gasteiger partial charge in [-0.15, -0.1) is 0 Å². The molecule has 0 bridgehead atoms. The average molecular weight is 555 g/mol. The van der Waals surface area contributed by atoms with Gasteiger partial charge in [0.15, 0.2) is 11.5 Å². The molecule has 0 aliphatic heterocycles. The number of carbonyl (C=O) groups excluding carboxylic acids is 5. The summed E-state index contributed by atoms with van der Waals surface area (Å²) in [6.45, 7) is 1.41. The lowest BCUT2D eigenvalue weighted by Gasteiger charge is -2.22. The molecule has 0 fully saturated rings. The number of carbonyl (C=O) groups is 6. The van der Waals surface area contributed by atoms with E-state index in [0.29, 0.717) is 11.1 Å². The highest BCUT2D eigenvalue weighted by atomic mass is 16.6. The van der Waals surface area contributed by atoms with Crippen molar-refractivity contribution in [1.82, 2.24) is 9.80 Å². The monoisotopic (exact) mass is 554 g/mol. The number of rotatable bonds is 16. The topological polar surface area (TPSA) is 175 Å². The fourth-order valence-electron chi connectivity index (χ4n) is 3.47. The summed E-state index contributed by atoms with van der Waals surface area (Å²) in [4.78, 5) is 73.2. The molecule has 1 aromatic carbocycles. The normalized spacial score (nSPS) is 10.6. The average Bonchev–Trinajstić information content (AvgIpc) is 2.86. The van der Waals surface area contributed by atoms with Crippen LogP contribution in [0.5, 0.6) is 11.5 Å². The number of benzene rings is 1. The molecule has 216 valence electrons. The lowest BCUT2D eigenvalue weighted by molar-refractivity contribution is -0.146. The molecule has 0 saturated heterocycles. The van der Waals surface area contributed by atoms with Gasteiger partial charge < -0.3 is 28.8 Å². The van der Waals surface area contributed by atoms with Gasteiger partial charge in [-0.05, 0) is 12.8 Å². The number of aliphatic carboxylic acids is 1. The van der Waals surface area contributed by atoms with E-state index in [1.807, 2.05) is 0 Å². The van der Waals surface area contributed by atoms with Crippen molar-refractivity contribution >= 4 is 35.8 Å². The van der Waals surface area contributed by atoms with Gasteiger partial charge in [-0.2, -0.15) is 0 Å². The second-order valence-corrected chi connectivity index (χ2v) is 8.27. The molecule has 39 heavy (non-hydrogen) atoms. The standard InChI is InChI=1S/C25H34N2O12/c1-16(28)38-24-18(8-10-26(12-20(30)31)13-21(32)35-3)6-7-19(25(24)39-17(2)29)9-11-27(14-22(33)36-4)15-23(34)37-5/h6-7H,8-15H2,1-5H3,(H,30,31). The number of esters is 5. The van der Waals surface area contributed by atoms with Gasteiger partial charge in [0.25, 0.3) is 0 Å². The van der Waals surface area contributed by atoms with Gasteiger partial charge in [-0.3, -0.25) is 38.6 Å². The number of ether oxygens (including phenoxy) is 5. The molecule has 0 unspecified atom stereocenters. The zero-order valence-corrected chi connectivity index (χ0v) is 22.6. The van der Waals surface area contributed by atoms with Crippen molar-refractivity contribution in [3.05, 3.63) is 23.3 Å². The van der Waals surface area contributed by atoms with Gasteiger partial charge in [0.2, 0.25) is 0 Å². The molecule has 14 nitrogen and oxygen atoms in total.